The second kappa shape index (κ2) is 9.74. The molecule has 25 heavy (non-hydrogen) atoms. The summed E-state index contributed by atoms with van der Waals surface area (Å²) in [6, 6.07) is 7.81. The van der Waals surface area contributed by atoms with Crippen molar-refractivity contribution in [3.05, 3.63) is 29.8 Å². The largest absolute Gasteiger partial charge is 0.497 e. The SMILES string of the molecule is COc1ccc(CCCNC(=O)CCS(=O)(=O)N2CCOCC2)cc1. The molecule has 1 amide bonds. The Bertz CT molecular complexity index is 640. The number of carbonyl (C=O) groups excluding carboxylic acids is 1. The lowest BCUT2D eigenvalue weighted by atomic mass is 10.1. The predicted octanol–water partition coefficient (Wildman–Crippen LogP) is 0.796. The molecule has 0 atom stereocenters. The van der Waals surface area contributed by atoms with Crippen molar-refractivity contribution in [2.24, 2.45) is 0 Å². The summed E-state index contributed by atoms with van der Waals surface area (Å²) in [5.74, 6) is 0.433. The van der Waals surface area contributed by atoms with Gasteiger partial charge in [0.1, 0.15) is 5.75 Å². The van der Waals surface area contributed by atoms with Gasteiger partial charge in [0.2, 0.25) is 15.9 Å². The second-order valence-electron chi connectivity index (χ2n) is 5.88. The predicted molar refractivity (Wildman–Crippen MR) is 95.1 cm³/mol. The number of morpholine rings is 1. The van der Waals surface area contributed by atoms with Crippen molar-refractivity contribution in [2.45, 2.75) is 19.3 Å². The Labute approximate surface area is 149 Å². The first kappa shape index (κ1) is 19.7. The minimum absolute atomic E-state index is 0.0117. The van der Waals surface area contributed by atoms with Crippen molar-refractivity contribution in [2.75, 3.05) is 45.7 Å². The van der Waals surface area contributed by atoms with Gasteiger partial charge in [-0.25, -0.2) is 8.42 Å². The number of nitrogens with one attached hydrogen (secondary N) is 1. The van der Waals surface area contributed by atoms with E-state index < -0.39 is 10.0 Å². The van der Waals surface area contributed by atoms with Gasteiger partial charge in [0.15, 0.2) is 0 Å². The van der Waals surface area contributed by atoms with Crippen LogP contribution in [0, 0.1) is 0 Å². The van der Waals surface area contributed by atoms with Crippen molar-refractivity contribution < 1.29 is 22.7 Å². The molecule has 7 nitrogen and oxygen atoms in total. The number of benzene rings is 1. The minimum atomic E-state index is -3.38. The van der Waals surface area contributed by atoms with Crippen LogP contribution in [0.1, 0.15) is 18.4 Å². The third kappa shape index (κ3) is 6.64. The van der Waals surface area contributed by atoms with Gasteiger partial charge in [-0.15, -0.1) is 0 Å². The summed E-state index contributed by atoms with van der Waals surface area (Å²) >= 11 is 0. The fourth-order valence-corrected chi connectivity index (χ4v) is 3.98. The van der Waals surface area contributed by atoms with Gasteiger partial charge in [-0.2, -0.15) is 4.31 Å². The van der Waals surface area contributed by atoms with E-state index in [2.05, 4.69) is 5.32 Å². The maximum Gasteiger partial charge on any atom is 0.221 e. The summed E-state index contributed by atoms with van der Waals surface area (Å²) in [5.41, 5.74) is 1.17. The quantitative estimate of drug-likeness (QED) is 0.650. The van der Waals surface area contributed by atoms with E-state index in [1.165, 1.54) is 9.87 Å². The highest BCUT2D eigenvalue weighted by Crippen LogP contribution is 2.12. The average Bonchev–Trinajstić information content (AvgIpc) is 2.65. The molecule has 0 aromatic heterocycles. The molecule has 8 heteroatoms. The molecule has 1 aliphatic rings. The molecule has 1 fully saturated rings. The molecule has 2 rings (SSSR count). The number of hydrogen-bond donors (Lipinski definition) is 1. The average molecular weight is 370 g/mol. The number of sulfonamides is 1. The number of nitrogens with zero attached hydrogens (tertiary/aromatic N) is 1. The van der Waals surface area contributed by atoms with Gasteiger partial charge in [0.25, 0.3) is 0 Å². The zero-order valence-corrected chi connectivity index (χ0v) is 15.4. The lowest BCUT2D eigenvalue weighted by Crippen LogP contribution is -2.42. The topological polar surface area (TPSA) is 84.9 Å². The third-order valence-corrected chi connectivity index (χ3v) is 5.95. The molecule has 1 saturated heterocycles. The number of rotatable bonds is 9. The molecule has 1 N–H and O–H groups in total. The van der Waals surface area contributed by atoms with Crippen molar-refractivity contribution in [3.8, 4) is 5.75 Å². The fourth-order valence-electron chi connectivity index (χ4n) is 2.58. The van der Waals surface area contributed by atoms with Crippen LogP contribution in [0.25, 0.3) is 0 Å². The molecule has 1 heterocycles. The summed E-state index contributed by atoms with van der Waals surface area (Å²) in [5, 5.41) is 2.78. The second-order valence-corrected chi connectivity index (χ2v) is 7.97. The molecule has 0 radical (unpaired) electrons. The van der Waals surface area contributed by atoms with E-state index in [-0.39, 0.29) is 18.1 Å². The highest BCUT2D eigenvalue weighted by atomic mass is 32.2. The van der Waals surface area contributed by atoms with Crippen LogP contribution >= 0.6 is 0 Å². The van der Waals surface area contributed by atoms with Crippen molar-refractivity contribution in [3.63, 3.8) is 0 Å². The van der Waals surface area contributed by atoms with Crippen LogP contribution in [0.2, 0.25) is 0 Å². The van der Waals surface area contributed by atoms with Crippen LogP contribution in [-0.4, -0.2) is 64.3 Å². The van der Waals surface area contributed by atoms with Crippen LogP contribution in [0.15, 0.2) is 24.3 Å². The van der Waals surface area contributed by atoms with Gasteiger partial charge in [-0.05, 0) is 30.5 Å². The smallest absolute Gasteiger partial charge is 0.221 e. The molecule has 0 bridgehead atoms. The Balaban J connectivity index is 1.63. The van der Waals surface area contributed by atoms with E-state index in [4.69, 9.17) is 9.47 Å². The number of amides is 1. The van der Waals surface area contributed by atoms with E-state index in [9.17, 15) is 13.2 Å². The van der Waals surface area contributed by atoms with Crippen molar-refractivity contribution >= 4 is 15.9 Å². The van der Waals surface area contributed by atoms with E-state index >= 15 is 0 Å². The molecular weight excluding hydrogens is 344 g/mol. The molecule has 1 aromatic rings. The number of methoxy groups -OCH3 is 1. The van der Waals surface area contributed by atoms with Crippen LogP contribution < -0.4 is 10.1 Å². The van der Waals surface area contributed by atoms with E-state index in [0.29, 0.717) is 32.8 Å². The summed E-state index contributed by atoms with van der Waals surface area (Å²) in [6.45, 7) is 2.09. The Morgan fingerprint density at radius 3 is 2.56 bits per heavy atom. The maximum atomic E-state index is 12.1. The molecule has 140 valence electrons. The minimum Gasteiger partial charge on any atom is -0.497 e. The first-order valence-electron chi connectivity index (χ1n) is 8.46. The fraction of sp³-hybridized carbons (Fsp3) is 0.588. The highest BCUT2D eigenvalue weighted by Gasteiger charge is 2.24. The summed E-state index contributed by atoms with van der Waals surface area (Å²) in [7, 11) is -1.75. The molecule has 0 unspecified atom stereocenters. The normalized spacial score (nSPS) is 15.7. The first-order valence-corrected chi connectivity index (χ1v) is 10.1. The van der Waals surface area contributed by atoms with Crippen LogP contribution in [0.4, 0.5) is 0 Å². The van der Waals surface area contributed by atoms with Gasteiger partial charge in [0, 0.05) is 26.1 Å². The van der Waals surface area contributed by atoms with Gasteiger partial charge in [-0.1, -0.05) is 12.1 Å². The van der Waals surface area contributed by atoms with Gasteiger partial charge in [-0.3, -0.25) is 4.79 Å². The number of ether oxygens (including phenoxy) is 2. The summed E-state index contributed by atoms with van der Waals surface area (Å²) < 4.78 is 35.9. The zero-order chi connectivity index (χ0) is 18.1. The monoisotopic (exact) mass is 370 g/mol. The third-order valence-electron chi connectivity index (χ3n) is 4.07. The highest BCUT2D eigenvalue weighted by molar-refractivity contribution is 7.89. The van der Waals surface area contributed by atoms with Gasteiger partial charge in [0.05, 0.1) is 26.1 Å². The zero-order valence-electron chi connectivity index (χ0n) is 14.6. The Morgan fingerprint density at radius 1 is 1.24 bits per heavy atom. The van der Waals surface area contributed by atoms with Crippen LogP contribution in [0.3, 0.4) is 0 Å². The van der Waals surface area contributed by atoms with E-state index in [1.54, 1.807) is 7.11 Å². The molecule has 1 aliphatic heterocycles. The first-order chi connectivity index (χ1) is 12.0. The van der Waals surface area contributed by atoms with E-state index in [0.717, 1.165) is 18.6 Å². The lowest BCUT2D eigenvalue weighted by Gasteiger charge is -2.25. The van der Waals surface area contributed by atoms with Crippen LogP contribution in [0.5, 0.6) is 5.75 Å². The summed E-state index contributed by atoms with van der Waals surface area (Å²) in [4.78, 5) is 11.8. The molecule has 0 saturated carbocycles. The molecule has 0 spiro atoms. The van der Waals surface area contributed by atoms with Gasteiger partial charge >= 0.3 is 0 Å². The number of aryl methyl sites for hydroxylation is 1. The van der Waals surface area contributed by atoms with Crippen molar-refractivity contribution in [1.82, 2.24) is 9.62 Å². The van der Waals surface area contributed by atoms with Crippen molar-refractivity contribution in [1.29, 1.82) is 0 Å². The Kier molecular flexibility index (Phi) is 7.67. The lowest BCUT2D eigenvalue weighted by molar-refractivity contribution is -0.120. The number of carbonyl (C=O) groups is 1. The maximum absolute atomic E-state index is 12.1. The molecule has 0 aliphatic carbocycles. The molecule has 1 aromatic carbocycles. The Morgan fingerprint density at radius 2 is 1.92 bits per heavy atom. The van der Waals surface area contributed by atoms with E-state index in [1.807, 2.05) is 24.3 Å². The Hall–Kier alpha value is -1.64. The summed E-state index contributed by atoms with van der Waals surface area (Å²) in [6.07, 6.45) is 1.63. The van der Waals surface area contributed by atoms with Gasteiger partial charge < -0.3 is 14.8 Å². The van der Waals surface area contributed by atoms with Crippen LogP contribution in [-0.2, 0) is 26.0 Å². The molecular formula is C17H26N2O5S. The number of hydrogen-bond acceptors (Lipinski definition) is 5. The standard InChI is InChI=1S/C17H26N2O5S/c1-23-16-6-4-15(5-7-16)3-2-9-18-17(20)8-14-25(21,22)19-10-12-24-13-11-19/h4-7H,2-3,8-14H2,1H3,(H,18,20).